The van der Waals surface area contributed by atoms with Gasteiger partial charge in [-0.2, -0.15) is 0 Å². The molecule has 0 bridgehead atoms. The van der Waals surface area contributed by atoms with Crippen molar-refractivity contribution in [2.24, 2.45) is 5.92 Å². The van der Waals surface area contributed by atoms with Gasteiger partial charge in [0.25, 0.3) is 0 Å². The molecule has 1 aliphatic rings. The van der Waals surface area contributed by atoms with Crippen molar-refractivity contribution in [2.45, 2.75) is 38.6 Å². The Hall–Kier alpha value is -0.820. The van der Waals surface area contributed by atoms with Gasteiger partial charge in [-0.15, -0.1) is 0 Å². The zero-order valence-corrected chi connectivity index (χ0v) is 9.74. The summed E-state index contributed by atoms with van der Waals surface area (Å²) in [5, 5.41) is 3.58. The molecule has 1 aromatic carbocycles. The van der Waals surface area contributed by atoms with Gasteiger partial charge < -0.3 is 5.32 Å². The first-order chi connectivity index (χ1) is 7.36. The predicted molar refractivity (Wildman–Crippen MR) is 65.0 cm³/mol. The van der Waals surface area contributed by atoms with E-state index >= 15 is 0 Å². The number of nitrogens with one attached hydrogen (secondary N) is 1. The van der Waals surface area contributed by atoms with E-state index in [9.17, 15) is 0 Å². The predicted octanol–water partition coefficient (Wildman–Crippen LogP) is 3.18. The van der Waals surface area contributed by atoms with Crippen LogP contribution in [0.3, 0.4) is 0 Å². The van der Waals surface area contributed by atoms with Crippen LogP contribution in [0.2, 0.25) is 0 Å². The standard InChI is InChI=1S/C14H21N/c1-3-12-13(10-14(12)15-4-2)11-8-6-5-7-9-11/h5-9,12-15H,3-4,10H2,1-2H3. The van der Waals surface area contributed by atoms with Gasteiger partial charge in [-0.1, -0.05) is 50.6 Å². The smallest absolute Gasteiger partial charge is 0.0107 e. The van der Waals surface area contributed by atoms with Crippen LogP contribution < -0.4 is 5.32 Å². The van der Waals surface area contributed by atoms with Crippen LogP contribution in [0.1, 0.15) is 38.2 Å². The van der Waals surface area contributed by atoms with Gasteiger partial charge in [-0.3, -0.25) is 0 Å². The zero-order chi connectivity index (χ0) is 10.7. The number of hydrogen-bond acceptors (Lipinski definition) is 1. The molecule has 0 amide bonds. The van der Waals surface area contributed by atoms with E-state index in [1.165, 1.54) is 18.4 Å². The van der Waals surface area contributed by atoms with Crippen LogP contribution in [-0.4, -0.2) is 12.6 Å². The molecule has 3 unspecified atom stereocenters. The SMILES string of the molecule is CCNC1CC(c2ccccc2)C1CC. The minimum absolute atomic E-state index is 0.755. The van der Waals surface area contributed by atoms with E-state index in [-0.39, 0.29) is 0 Å². The summed E-state index contributed by atoms with van der Waals surface area (Å²) in [5.41, 5.74) is 1.53. The Bertz CT molecular complexity index is 293. The van der Waals surface area contributed by atoms with Crippen LogP contribution in [0.4, 0.5) is 0 Å². The molecule has 3 atom stereocenters. The van der Waals surface area contributed by atoms with Gasteiger partial charge in [0.1, 0.15) is 0 Å². The molecular weight excluding hydrogens is 182 g/mol. The first kappa shape index (κ1) is 10.7. The second-order valence-corrected chi connectivity index (χ2v) is 4.49. The van der Waals surface area contributed by atoms with E-state index in [0.29, 0.717) is 0 Å². The summed E-state index contributed by atoms with van der Waals surface area (Å²) in [6, 6.07) is 11.7. The first-order valence-electron chi connectivity index (χ1n) is 6.15. The van der Waals surface area contributed by atoms with E-state index in [2.05, 4.69) is 49.5 Å². The fraction of sp³-hybridized carbons (Fsp3) is 0.571. The third-order valence-corrected chi connectivity index (χ3v) is 3.71. The molecule has 0 saturated heterocycles. The van der Waals surface area contributed by atoms with Crippen LogP contribution in [0.15, 0.2) is 30.3 Å². The second-order valence-electron chi connectivity index (χ2n) is 4.49. The van der Waals surface area contributed by atoms with E-state index in [0.717, 1.165) is 24.4 Å². The molecular formula is C14H21N. The normalized spacial score (nSPS) is 29.9. The molecule has 82 valence electrons. The highest BCUT2D eigenvalue weighted by Gasteiger charge is 2.39. The van der Waals surface area contributed by atoms with Gasteiger partial charge in [0.15, 0.2) is 0 Å². The van der Waals surface area contributed by atoms with Gasteiger partial charge >= 0.3 is 0 Å². The summed E-state index contributed by atoms with van der Waals surface area (Å²) in [5.74, 6) is 1.63. The lowest BCUT2D eigenvalue weighted by Crippen LogP contribution is -2.48. The average Bonchev–Trinajstić information content (AvgIpc) is 2.25. The fourth-order valence-electron chi connectivity index (χ4n) is 2.86. The lowest BCUT2D eigenvalue weighted by atomic mass is 9.65. The Labute approximate surface area is 92.9 Å². The third-order valence-electron chi connectivity index (χ3n) is 3.71. The maximum absolute atomic E-state index is 3.58. The van der Waals surface area contributed by atoms with E-state index in [1.54, 1.807) is 0 Å². The number of hydrogen-bond donors (Lipinski definition) is 1. The van der Waals surface area contributed by atoms with Gasteiger partial charge in [0.2, 0.25) is 0 Å². The Morgan fingerprint density at radius 2 is 1.93 bits per heavy atom. The molecule has 1 N–H and O–H groups in total. The topological polar surface area (TPSA) is 12.0 Å². The zero-order valence-electron chi connectivity index (χ0n) is 9.74. The molecule has 0 aromatic heterocycles. The molecule has 1 heteroatoms. The molecule has 0 heterocycles. The van der Waals surface area contributed by atoms with Crippen molar-refractivity contribution in [1.29, 1.82) is 0 Å². The van der Waals surface area contributed by atoms with Crippen LogP contribution in [0.25, 0.3) is 0 Å². The van der Waals surface area contributed by atoms with Crippen molar-refractivity contribution in [3.05, 3.63) is 35.9 Å². The summed E-state index contributed by atoms with van der Waals surface area (Å²) in [7, 11) is 0. The van der Waals surface area contributed by atoms with Crippen molar-refractivity contribution in [3.8, 4) is 0 Å². The quantitative estimate of drug-likeness (QED) is 0.792. The number of rotatable bonds is 4. The van der Waals surface area contributed by atoms with Gasteiger partial charge in [-0.25, -0.2) is 0 Å². The maximum Gasteiger partial charge on any atom is 0.0107 e. The molecule has 1 aromatic rings. The lowest BCUT2D eigenvalue weighted by molar-refractivity contribution is 0.163. The highest BCUT2D eigenvalue weighted by atomic mass is 14.9. The Morgan fingerprint density at radius 1 is 1.20 bits per heavy atom. The van der Waals surface area contributed by atoms with Crippen LogP contribution >= 0.6 is 0 Å². The first-order valence-corrected chi connectivity index (χ1v) is 6.15. The van der Waals surface area contributed by atoms with Crippen molar-refractivity contribution < 1.29 is 0 Å². The molecule has 1 aliphatic carbocycles. The Kier molecular flexibility index (Phi) is 3.42. The maximum atomic E-state index is 3.58. The van der Waals surface area contributed by atoms with E-state index in [4.69, 9.17) is 0 Å². The summed E-state index contributed by atoms with van der Waals surface area (Å²) >= 11 is 0. The van der Waals surface area contributed by atoms with Crippen molar-refractivity contribution in [3.63, 3.8) is 0 Å². The minimum atomic E-state index is 0.755. The van der Waals surface area contributed by atoms with Crippen LogP contribution in [0.5, 0.6) is 0 Å². The highest BCUT2D eigenvalue weighted by Crippen LogP contribution is 2.44. The minimum Gasteiger partial charge on any atom is -0.314 e. The van der Waals surface area contributed by atoms with E-state index in [1.807, 2.05) is 0 Å². The summed E-state index contributed by atoms with van der Waals surface area (Å²) < 4.78 is 0. The van der Waals surface area contributed by atoms with Crippen molar-refractivity contribution in [2.75, 3.05) is 6.54 Å². The number of benzene rings is 1. The molecule has 2 rings (SSSR count). The monoisotopic (exact) mass is 203 g/mol. The molecule has 15 heavy (non-hydrogen) atoms. The Morgan fingerprint density at radius 3 is 2.53 bits per heavy atom. The Balaban J connectivity index is 2.02. The fourth-order valence-corrected chi connectivity index (χ4v) is 2.86. The van der Waals surface area contributed by atoms with Gasteiger partial charge in [0.05, 0.1) is 0 Å². The van der Waals surface area contributed by atoms with Crippen molar-refractivity contribution >= 4 is 0 Å². The van der Waals surface area contributed by atoms with Gasteiger partial charge in [-0.05, 0) is 30.4 Å². The van der Waals surface area contributed by atoms with Gasteiger partial charge in [0, 0.05) is 6.04 Å². The summed E-state index contributed by atoms with van der Waals surface area (Å²) in [6.45, 7) is 5.61. The second kappa shape index (κ2) is 4.80. The summed E-state index contributed by atoms with van der Waals surface area (Å²) in [4.78, 5) is 0. The molecule has 1 nitrogen and oxygen atoms in total. The molecule has 0 spiro atoms. The van der Waals surface area contributed by atoms with Crippen LogP contribution in [0, 0.1) is 5.92 Å². The molecule has 1 fully saturated rings. The van der Waals surface area contributed by atoms with Crippen LogP contribution in [-0.2, 0) is 0 Å². The van der Waals surface area contributed by atoms with E-state index < -0.39 is 0 Å². The molecule has 0 aliphatic heterocycles. The third kappa shape index (κ3) is 2.07. The molecule has 1 saturated carbocycles. The van der Waals surface area contributed by atoms with Crippen molar-refractivity contribution in [1.82, 2.24) is 5.32 Å². The average molecular weight is 203 g/mol. The highest BCUT2D eigenvalue weighted by molar-refractivity contribution is 5.24. The molecule has 0 radical (unpaired) electrons. The lowest BCUT2D eigenvalue weighted by Gasteiger charge is -2.45. The largest absolute Gasteiger partial charge is 0.314 e. The summed E-state index contributed by atoms with van der Waals surface area (Å²) in [6.07, 6.45) is 2.60.